The van der Waals surface area contributed by atoms with Crippen LogP contribution in [0.25, 0.3) is 0 Å². The predicted octanol–water partition coefficient (Wildman–Crippen LogP) is 15.9. The van der Waals surface area contributed by atoms with Gasteiger partial charge in [-0.2, -0.15) is 0 Å². The Kier molecular flexibility index (Phi) is 47.0. The molecule has 0 aliphatic heterocycles. The molecule has 0 rings (SSSR count). The number of amides is 1. The van der Waals surface area contributed by atoms with E-state index in [1.807, 2.05) is 0 Å². The number of rotatable bonds is 48. The molecule has 6 heteroatoms. The van der Waals surface area contributed by atoms with Crippen molar-refractivity contribution in [2.45, 2.75) is 302 Å². The van der Waals surface area contributed by atoms with Crippen LogP contribution in [-0.4, -0.2) is 46.9 Å². The molecule has 0 aromatic rings. The number of aliphatic hydroxyl groups excluding tert-OH is 2. The highest BCUT2D eigenvalue weighted by Crippen LogP contribution is 2.18. The Morgan fingerprint density at radius 3 is 1.20 bits per heavy atom. The number of hydrogen-bond donors (Lipinski definition) is 3. The van der Waals surface area contributed by atoms with Crippen LogP contribution in [0.15, 0.2) is 24.3 Å². The molecule has 1 amide bonds. The van der Waals surface area contributed by atoms with Gasteiger partial charge in [-0.1, -0.05) is 218 Å². The van der Waals surface area contributed by atoms with Crippen LogP contribution in [0.5, 0.6) is 0 Å². The van der Waals surface area contributed by atoms with Gasteiger partial charge in [0, 0.05) is 6.42 Å². The maximum atomic E-state index is 13.2. The van der Waals surface area contributed by atoms with Crippen LogP contribution >= 0.6 is 0 Å². The summed E-state index contributed by atoms with van der Waals surface area (Å²) in [4.78, 5) is 26.1. The molecule has 0 saturated carbocycles. The summed E-state index contributed by atoms with van der Waals surface area (Å²) in [6.45, 7) is 6.47. The lowest BCUT2D eigenvalue weighted by Gasteiger charge is -2.24. The van der Waals surface area contributed by atoms with Gasteiger partial charge in [0.2, 0.25) is 5.91 Å². The molecule has 0 aliphatic rings. The minimum Gasteiger partial charge on any atom is -0.462 e. The summed E-state index contributed by atoms with van der Waals surface area (Å²) in [6, 6.07) is -0.701. The average molecular weight is 846 g/mol. The van der Waals surface area contributed by atoms with Crippen LogP contribution in [0.4, 0.5) is 0 Å². The van der Waals surface area contributed by atoms with Gasteiger partial charge in [0.25, 0.3) is 0 Å². The van der Waals surface area contributed by atoms with Gasteiger partial charge in [-0.3, -0.25) is 9.59 Å². The number of unbranched alkanes of at least 4 members (excludes halogenated alkanes) is 32. The first-order chi connectivity index (χ1) is 29.5. The fourth-order valence-corrected chi connectivity index (χ4v) is 8.19. The largest absolute Gasteiger partial charge is 0.462 e. The van der Waals surface area contributed by atoms with Crippen molar-refractivity contribution in [3.8, 4) is 0 Å². The van der Waals surface area contributed by atoms with Gasteiger partial charge in [-0.05, 0) is 77.0 Å². The standard InChI is InChI=1S/C54H103NO5/c1-4-7-10-13-16-19-22-24-25-26-27-28-30-32-35-38-41-44-47-54(59)60-50(45-42-39-36-33-31-29-23-20-17-14-11-8-5-2)48-53(58)55-51(49-56)52(57)46-43-40-37-34-21-18-15-12-9-6-3/h20,23,27-28,50-52,56-57H,4-19,21-22,24-26,29-49H2,1-3H3,(H,55,58)/b23-20-,28-27+. The van der Waals surface area contributed by atoms with Gasteiger partial charge >= 0.3 is 5.97 Å². The van der Waals surface area contributed by atoms with E-state index in [9.17, 15) is 19.8 Å². The number of allylic oxidation sites excluding steroid dienone is 4. The van der Waals surface area contributed by atoms with E-state index in [2.05, 4.69) is 50.4 Å². The summed E-state index contributed by atoms with van der Waals surface area (Å²) in [5, 5.41) is 23.7. The minimum atomic E-state index is -0.787. The molecule has 354 valence electrons. The van der Waals surface area contributed by atoms with Crippen LogP contribution in [0, 0.1) is 0 Å². The predicted molar refractivity (Wildman–Crippen MR) is 260 cm³/mol. The van der Waals surface area contributed by atoms with E-state index in [0.29, 0.717) is 19.3 Å². The quantitative estimate of drug-likeness (QED) is 0.0322. The van der Waals surface area contributed by atoms with Crippen molar-refractivity contribution in [1.82, 2.24) is 5.32 Å². The summed E-state index contributed by atoms with van der Waals surface area (Å²) >= 11 is 0. The molecule has 3 unspecified atom stereocenters. The van der Waals surface area contributed by atoms with E-state index in [0.717, 1.165) is 70.6 Å². The summed E-state index contributed by atoms with van der Waals surface area (Å²) in [6.07, 6.45) is 55.3. The number of ether oxygens (including phenoxy) is 1. The first kappa shape index (κ1) is 58.3. The van der Waals surface area contributed by atoms with Crippen molar-refractivity contribution in [3.05, 3.63) is 24.3 Å². The Morgan fingerprint density at radius 2 is 0.800 bits per heavy atom. The van der Waals surface area contributed by atoms with Crippen molar-refractivity contribution in [2.75, 3.05) is 6.61 Å². The molecular formula is C54H103NO5. The molecule has 3 N–H and O–H groups in total. The number of carbonyl (C=O) groups excluding carboxylic acids is 2. The Bertz CT molecular complexity index is 950. The zero-order chi connectivity index (χ0) is 43.8. The third-order valence-electron chi connectivity index (χ3n) is 12.3. The Balaban J connectivity index is 4.53. The fraction of sp³-hybridized carbons (Fsp3) is 0.889. The summed E-state index contributed by atoms with van der Waals surface area (Å²) in [5.41, 5.74) is 0. The highest BCUT2D eigenvalue weighted by molar-refractivity contribution is 5.77. The molecule has 0 aliphatic carbocycles. The maximum absolute atomic E-state index is 13.2. The van der Waals surface area contributed by atoms with Gasteiger partial charge < -0.3 is 20.3 Å². The highest BCUT2D eigenvalue weighted by atomic mass is 16.5. The molecule has 0 aromatic carbocycles. The first-order valence-corrected chi connectivity index (χ1v) is 26.6. The highest BCUT2D eigenvalue weighted by Gasteiger charge is 2.24. The number of esters is 1. The van der Waals surface area contributed by atoms with Crippen LogP contribution in [0.1, 0.15) is 284 Å². The SMILES string of the molecule is CCCCCC/C=C\CCCCCCCC(CC(=O)NC(CO)C(O)CCCCCCCCCCCC)OC(=O)CCCCCCC/C=C/CCCCCCCCCCC. The fourth-order valence-electron chi connectivity index (χ4n) is 8.19. The minimum absolute atomic E-state index is 0.0723. The number of hydrogen-bond acceptors (Lipinski definition) is 5. The number of aliphatic hydroxyl groups is 2. The monoisotopic (exact) mass is 846 g/mol. The first-order valence-electron chi connectivity index (χ1n) is 26.6. The number of nitrogens with one attached hydrogen (secondary N) is 1. The van der Waals surface area contributed by atoms with E-state index in [4.69, 9.17) is 4.74 Å². The van der Waals surface area contributed by atoms with Crippen molar-refractivity contribution in [1.29, 1.82) is 0 Å². The third kappa shape index (κ3) is 43.0. The van der Waals surface area contributed by atoms with Crippen molar-refractivity contribution in [3.63, 3.8) is 0 Å². The summed E-state index contributed by atoms with van der Waals surface area (Å²) < 4.78 is 5.93. The summed E-state index contributed by atoms with van der Waals surface area (Å²) in [7, 11) is 0. The smallest absolute Gasteiger partial charge is 0.306 e. The third-order valence-corrected chi connectivity index (χ3v) is 12.3. The maximum Gasteiger partial charge on any atom is 0.306 e. The molecule has 60 heavy (non-hydrogen) atoms. The van der Waals surface area contributed by atoms with Gasteiger partial charge in [0.05, 0.1) is 25.2 Å². The Morgan fingerprint density at radius 1 is 0.467 bits per heavy atom. The molecule has 0 heterocycles. The zero-order valence-corrected chi connectivity index (χ0v) is 40.4. The van der Waals surface area contributed by atoms with E-state index < -0.39 is 18.2 Å². The van der Waals surface area contributed by atoms with Crippen LogP contribution in [0.3, 0.4) is 0 Å². The van der Waals surface area contributed by atoms with Crippen LogP contribution < -0.4 is 5.32 Å². The van der Waals surface area contributed by atoms with Gasteiger partial charge in [-0.25, -0.2) is 0 Å². The molecule has 0 fully saturated rings. The van der Waals surface area contributed by atoms with Crippen LogP contribution in [0.2, 0.25) is 0 Å². The lowest BCUT2D eigenvalue weighted by atomic mass is 10.0. The molecule has 0 bridgehead atoms. The molecule has 3 atom stereocenters. The van der Waals surface area contributed by atoms with Crippen molar-refractivity contribution in [2.24, 2.45) is 0 Å². The van der Waals surface area contributed by atoms with E-state index in [1.165, 1.54) is 167 Å². The molecule has 0 aromatic heterocycles. The van der Waals surface area contributed by atoms with Gasteiger partial charge in [0.1, 0.15) is 6.10 Å². The van der Waals surface area contributed by atoms with E-state index in [1.54, 1.807) is 0 Å². The second-order valence-corrected chi connectivity index (χ2v) is 18.3. The molecular weight excluding hydrogens is 743 g/mol. The molecule has 0 saturated heterocycles. The van der Waals surface area contributed by atoms with E-state index >= 15 is 0 Å². The Hall–Kier alpha value is -1.66. The van der Waals surface area contributed by atoms with Gasteiger partial charge in [0.15, 0.2) is 0 Å². The number of carbonyl (C=O) groups is 2. The average Bonchev–Trinajstić information content (AvgIpc) is 3.24. The second-order valence-electron chi connectivity index (χ2n) is 18.3. The molecule has 0 spiro atoms. The lowest BCUT2D eigenvalue weighted by molar-refractivity contribution is -0.151. The second kappa shape index (κ2) is 48.4. The topological polar surface area (TPSA) is 95.9 Å². The Labute approximate surface area is 373 Å². The molecule has 6 nitrogen and oxygen atoms in total. The van der Waals surface area contributed by atoms with Gasteiger partial charge in [-0.15, -0.1) is 0 Å². The van der Waals surface area contributed by atoms with E-state index in [-0.39, 0.29) is 24.9 Å². The zero-order valence-electron chi connectivity index (χ0n) is 40.4. The van der Waals surface area contributed by atoms with Crippen LogP contribution in [-0.2, 0) is 14.3 Å². The van der Waals surface area contributed by atoms with Crippen molar-refractivity contribution < 1.29 is 24.5 Å². The summed E-state index contributed by atoms with van der Waals surface area (Å²) in [5.74, 6) is -0.480. The molecule has 0 radical (unpaired) electrons. The lowest BCUT2D eigenvalue weighted by Crippen LogP contribution is -2.46. The normalized spacial score (nSPS) is 13.3. The van der Waals surface area contributed by atoms with Crippen molar-refractivity contribution >= 4 is 11.9 Å².